The van der Waals surface area contributed by atoms with Gasteiger partial charge in [0.25, 0.3) is 11.8 Å². The molecule has 0 bridgehead atoms. The zero-order valence-electron chi connectivity index (χ0n) is 19.2. The number of nitrogens with zero attached hydrogens (tertiary/aromatic N) is 3. The molecule has 0 unspecified atom stereocenters. The Hall–Kier alpha value is -4.13. The normalized spacial score (nSPS) is 15.0. The number of anilines is 1. The van der Waals surface area contributed by atoms with Gasteiger partial charge in [-0.05, 0) is 49.2 Å². The fourth-order valence-corrected chi connectivity index (χ4v) is 4.26. The Morgan fingerprint density at radius 3 is 2.65 bits per heavy atom. The second kappa shape index (κ2) is 9.02. The predicted molar refractivity (Wildman–Crippen MR) is 131 cm³/mol. The van der Waals surface area contributed by atoms with Gasteiger partial charge in [-0.3, -0.25) is 9.59 Å². The Bertz CT molecular complexity index is 1360. The first-order chi connectivity index (χ1) is 16.5. The van der Waals surface area contributed by atoms with Gasteiger partial charge in [-0.2, -0.15) is 0 Å². The van der Waals surface area contributed by atoms with Crippen LogP contribution in [-0.4, -0.2) is 40.6 Å². The molecule has 34 heavy (non-hydrogen) atoms. The molecule has 0 fully saturated rings. The third-order valence-corrected chi connectivity index (χ3v) is 6.22. The highest BCUT2D eigenvalue weighted by Crippen LogP contribution is 2.34. The zero-order chi connectivity index (χ0) is 23.7. The van der Waals surface area contributed by atoms with Crippen molar-refractivity contribution in [1.29, 1.82) is 0 Å². The van der Waals surface area contributed by atoms with Crippen LogP contribution in [0.5, 0.6) is 5.75 Å². The number of imidazole rings is 1. The highest BCUT2D eigenvalue weighted by Gasteiger charge is 2.34. The van der Waals surface area contributed by atoms with E-state index in [-0.39, 0.29) is 18.4 Å². The number of aryl methyl sites for hydroxylation is 2. The first-order valence-electron chi connectivity index (χ1n) is 11.3. The van der Waals surface area contributed by atoms with Crippen LogP contribution in [0, 0.1) is 6.92 Å². The van der Waals surface area contributed by atoms with Crippen molar-refractivity contribution in [3.05, 3.63) is 89.7 Å². The summed E-state index contributed by atoms with van der Waals surface area (Å²) in [6.45, 7) is 2.56. The van der Waals surface area contributed by atoms with Crippen molar-refractivity contribution in [1.82, 2.24) is 14.9 Å². The van der Waals surface area contributed by atoms with E-state index >= 15 is 0 Å². The number of rotatable bonds is 5. The molecule has 4 aromatic rings. The Balaban J connectivity index is 1.36. The smallest absolute Gasteiger partial charge is 0.262 e. The minimum Gasteiger partial charge on any atom is -0.477 e. The van der Waals surface area contributed by atoms with E-state index in [1.807, 2.05) is 73.1 Å². The summed E-state index contributed by atoms with van der Waals surface area (Å²) in [6, 6.07) is 22.8. The molecular formula is C27H26N4O3. The SMILES string of the molecule is Cc1nc2cc(C(=O)N3C[C@H](C(=O)NCCc4ccccc4)Oc4ccccc43)ccc2n1C. The quantitative estimate of drug-likeness (QED) is 0.500. The fraction of sp³-hybridized carbons (Fsp3) is 0.222. The Morgan fingerprint density at radius 2 is 1.82 bits per heavy atom. The van der Waals surface area contributed by atoms with Gasteiger partial charge in [0.05, 0.1) is 23.3 Å². The van der Waals surface area contributed by atoms with E-state index in [9.17, 15) is 9.59 Å². The summed E-state index contributed by atoms with van der Waals surface area (Å²) in [5, 5.41) is 2.95. The van der Waals surface area contributed by atoms with Gasteiger partial charge in [0, 0.05) is 19.2 Å². The number of hydrogen-bond donors (Lipinski definition) is 1. The third kappa shape index (κ3) is 4.12. The maximum atomic E-state index is 13.6. The van der Waals surface area contributed by atoms with Crippen molar-refractivity contribution in [2.24, 2.45) is 7.05 Å². The molecule has 1 aliphatic heterocycles. The van der Waals surface area contributed by atoms with E-state index in [2.05, 4.69) is 10.3 Å². The highest BCUT2D eigenvalue weighted by molar-refractivity contribution is 6.09. The third-order valence-electron chi connectivity index (χ3n) is 6.22. The number of fused-ring (bicyclic) bond motifs is 2. The largest absolute Gasteiger partial charge is 0.477 e. The second-order valence-corrected chi connectivity index (χ2v) is 8.44. The summed E-state index contributed by atoms with van der Waals surface area (Å²) in [5.41, 5.74) is 4.05. The molecule has 0 saturated heterocycles. The van der Waals surface area contributed by atoms with Gasteiger partial charge in [0.1, 0.15) is 11.6 Å². The Morgan fingerprint density at radius 1 is 1.06 bits per heavy atom. The van der Waals surface area contributed by atoms with Gasteiger partial charge in [-0.15, -0.1) is 0 Å². The Labute approximate surface area is 198 Å². The monoisotopic (exact) mass is 454 g/mol. The number of aromatic nitrogens is 2. The molecule has 2 amide bonds. The molecule has 3 aromatic carbocycles. The average molecular weight is 455 g/mol. The van der Waals surface area contributed by atoms with E-state index in [4.69, 9.17) is 4.74 Å². The van der Waals surface area contributed by atoms with Crippen LogP contribution in [0.2, 0.25) is 0 Å². The maximum absolute atomic E-state index is 13.6. The van der Waals surface area contributed by atoms with Crippen molar-refractivity contribution < 1.29 is 14.3 Å². The van der Waals surface area contributed by atoms with E-state index in [1.165, 1.54) is 0 Å². The summed E-state index contributed by atoms with van der Waals surface area (Å²) >= 11 is 0. The molecule has 1 aliphatic rings. The molecule has 0 radical (unpaired) electrons. The van der Waals surface area contributed by atoms with Gasteiger partial charge in [-0.1, -0.05) is 42.5 Å². The molecule has 1 aromatic heterocycles. The first-order valence-corrected chi connectivity index (χ1v) is 11.3. The maximum Gasteiger partial charge on any atom is 0.262 e. The van der Waals surface area contributed by atoms with Crippen LogP contribution in [-0.2, 0) is 18.3 Å². The van der Waals surface area contributed by atoms with Crippen molar-refractivity contribution in [2.45, 2.75) is 19.4 Å². The lowest BCUT2D eigenvalue weighted by molar-refractivity contribution is -0.127. The number of carbonyl (C=O) groups excluding carboxylic acids is 2. The van der Waals surface area contributed by atoms with Crippen LogP contribution >= 0.6 is 0 Å². The predicted octanol–water partition coefficient (Wildman–Crippen LogP) is 3.65. The highest BCUT2D eigenvalue weighted by atomic mass is 16.5. The van der Waals surface area contributed by atoms with Crippen LogP contribution in [0.4, 0.5) is 5.69 Å². The van der Waals surface area contributed by atoms with Gasteiger partial charge in [0.2, 0.25) is 0 Å². The molecule has 0 saturated carbocycles. The minimum absolute atomic E-state index is 0.131. The second-order valence-electron chi connectivity index (χ2n) is 8.44. The lowest BCUT2D eigenvalue weighted by atomic mass is 10.1. The van der Waals surface area contributed by atoms with Crippen LogP contribution in [0.25, 0.3) is 11.0 Å². The standard InChI is InChI=1S/C27H26N4O3/c1-18-29-21-16-20(12-13-22(21)30(18)2)27(33)31-17-25(34-24-11-7-6-10-23(24)31)26(32)28-15-14-19-8-4-3-5-9-19/h3-13,16,25H,14-15,17H2,1-2H3,(H,28,32)/t25-/m1/s1. The number of carbonyl (C=O) groups is 2. The molecule has 172 valence electrons. The molecule has 5 rings (SSSR count). The van der Waals surface area contributed by atoms with Crippen molar-refractivity contribution in [3.8, 4) is 5.75 Å². The number of para-hydroxylation sites is 2. The zero-order valence-corrected chi connectivity index (χ0v) is 19.2. The molecule has 1 atom stereocenters. The van der Waals surface area contributed by atoms with Crippen molar-refractivity contribution in [3.63, 3.8) is 0 Å². The minimum atomic E-state index is -0.796. The number of nitrogens with one attached hydrogen (secondary N) is 1. The van der Waals surface area contributed by atoms with Crippen molar-refractivity contribution in [2.75, 3.05) is 18.0 Å². The molecule has 0 spiro atoms. The van der Waals surface area contributed by atoms with E-state index < -0.39 is 6.10 Å². The van der Waals surface area contributed by atoms with Gasteiger partial charge >= 0.3 is 0 Å². The average Bonchev–Trinajstić information content (AvgIpc) is 3.16. The number of benzene rings is 3. The van der Waals surface area contributed by atoms with Gasteiger partial charge < -0.3 is 19.5 Å². The summed E-state index contributed by atoms with van der Waals surface area (Å²) in [4.78, 5) is 32.7. The molecule has 7 heteroatoms. The number of ether oxygens (including phenoxy) is 1. The fourth-order valence-electron chi connectivity index (χ4n) is 4.26. The molecule has 0 aliphatic carbocycles. The molecule has 1 N–H and O–H groups in total. The summed E-state index contributed by atoms with van der Waals surface area (Å²) in [7, 11) is 1.95. The van der Waals surface area contributed by atoms with Crippen LogP contribution in [0.1, 0.15) is 21.7 Å². The van der Waals surface area contributed by atoms with E-state index in [1.54, 1.807) is 23.1 Å². The van der Waals surface area contributed by atoms with Crippen LogP contribution in [0.3, 0.4) is 0 Å². The van der Waals surface area contributed by atoms with Gasteiger partial charge in [-0.25, -0.2) is 4.98 Å². The number of hydrogen-bond acceptors (Lipinski definition) is 4. The summed E-state index contributed by atoms with van der Waals surface area (Å²) < 4.78 is 7.97. The van der Waals surface area contributed by atoms with E-state index in [0.717, 1.165) is 28.8 Å². The van der Waals surface area contributed by atoms with E-state index in [0.29, 0.717) is 23.5 Å². The van der Waals surface area contributed by atoms with Gasteiger partial charge in [0.15, 0.2) is 6.10 Å². The van der Waals surface area contributed by atoms with Crippen LogP contribution in [0.15, 0.2) is 72.8 Å². The number of amides is 2. The first kappa shape index (κ1) is 21.7. The lowest BCUT2D eigenvalue weighted by Gasteiger charge is -2.34. The summed E-state index contributed by atoms with van der Waals surface area (Å²) in [5.74, 6) is 0.964. The molecular weight excluding hydrogens is 428 g/mol. The summed E-state index contributed by atoms with van der Waals surface area (Å²) in [6.07, 6.45) is -0.0716. The molecule has 2 heterocycles. The lowest BCUT2D eigenvalue weighted by Crippen LogP contribution is -2.51. The molecule has 7 nitrogen and oxygen atoms in total. The van der Waals surface area contributed by atoms with Crippen LogP contribution < -0.4 is 15.0 Å². The van der Waals surface area contributed by atoms with Crippen molar-refractivity contribution >= 4 is 28.5 Å². The Kier molecular flexibility index (Phi) is 5.76. The topological polar surface area (TPSA) is 76.5 Å².